The minimum atomic E-state index is 0.636. The zero-order valence-corrected chi connectivity index (χ0v) is 15.9. The van der Waals surface area contributed by atoms with Gasteiger partial charge in [-0.1, -0.05) is 18.2 Å². The number of rotatable bonds is 7. The van der Waals surface area contributed by atoms with Crippen molar-refractivity contribution >= 4 is 5.69 Å². The molecule has 5 heteroatoms. The first-order valence-electron chi connectivity index (χ1n) is 9.15. The molecular weight excluding hydrogens is 328 g/mol. The molecule has 1 saturated heterocycles. The van der Waals surface area contributed by atoms with Gasteiger partial charge in [-0.2, -0.15) is 0 Å². The third-order valence-corrected chi connectivity index (χ3v) is 4.73. The lowest BCUT2D eigenvalue weighted by Gasteiger charge is -2.36. The summed E-state index contributed by atoms with van der Waals surface area (Å²) in [7, 11) is 3.41. The molecule has 3 rings (SSSR count). The second-order valence-electron chi connectivity index (χ2n) is 6.35. The van der Waals surface area contributed by atoms with Gasteiger partial charge in [-0.3, -0.25) is 4.90 Å². The molecule has 0 N–H and O–H groups in total. The fourth-order valence-corrected chi connectivity index (χ4v) is 3.38. The average molecular weight is 356 g/mol. The maximum atomic E-state index is 5.69. The summed E-state index contributed by atoms with van der Waals surface area (Å²) in [5.74, 6) is 2.55. The first kappa shape index (κ1) is 18.4. The van der Waals surface area contributed by atoms with E-state index in [9.17, 15) is 0 Å². The highest BCUT2D eigenvalue weighted by atomic mass is 16.5. The number of nitrogens with zero attached hydrogens (tertiary/aromatic N) is 2. The minimum Gasteiger partial charge on any atom is -0.495 e. The number of benzene rings is 2. The van der Waals surface area contributed by atoms with Crippen LogP contribution in [0.15, 0.2) is 42.5 Å². The predicted octanol–water partition coefficient (Wildman–Crippen LogP) is 3.42. The van der Waals surface area contributed by atoms with E-state index in [1.807, 2.05) is 25.1 Å². The Morgan fingerprint density at radius 2 is 1.58 bits per heavy atom. The van der Waals surface area contributed by atoms with Crippen molar-refractivity contribution in [2.45, 2.75) is 13.5 Å². The van der Waals surface area contributed by atoms with Gasteiger partial charge in [0.2, 0.25) is 0 Å². The number of ether oxygens (including phenoxy) is 3. The van der Waals surface area contributed by atoms with Crippen molar-refractivity contribution in [1.82, 2.24) is 4.90 Å². The molecule has 0 aliphatic carbocycles. The number of anilines is 1. The van der Waals surface area contributed by atoms with E-state index < -0.39 is 0 Å². The second-order valence-corrected chi connectivity index (χ2v) is 6.35. The fourth-order valence-electron chi connectivity index (χ4n) is 3.38. The monoisotopic (exact) mass is 356 g/mol. The summed E-state index contributed by atoms with van der Waals surface area (Å²) < 4.78 is 16.6. The molecule has 1 aliphatic heterocycles. The van der Waals surface area contributed by atoms with Crippen molar-refractivity contribution in [3.63, 3.8) is 0 Å². The molecule has 2 aromatic carbocycles. The molecule has 0 bridgehead atoms. The Balaban J connectivity index is 1.61. The van der Waals surface area contributed by atoms with E-state index in [0.29, 0.717) is 6.61 Å². The lowest BCUT2D eigenvalue weighted by Crippen LogP contribution is -2.46. The van der Waals surface area contributed by atoms with Gasteiger partial charge in [-0.05, 0) is 36.8 Å². The summed E-state index contributed by atoms with van der Waals surface area (Å²) in [5.41, 5.74) is 2.43. The highest BCUT2D eigenvalue weighted by Crippen LogP contribution is 2.30. The molecule has 0 radical (unpaired) electrons. The highest BCUT2D eigenvalue weighted by molar-refractivity contribution is 5.58. The van der Waals surface area contributed by atoms with Crippen LogP contribution >= 0.6 is 0 Å². The van der Waals surface area contributed by atoms with Crippen LogP contribution in [0, 0.1) is 0 Å². The molecule has 1 heterocycles. The summed E-state index contributed by atoms with van der Waals surface area (Å²) in [6.07, 6.45) is 0. The number of para-hydroxylation sites is 2. The predicted molar refractivity (Wildman–Crippen MR) is 105 cm³/mol. The number of hydrogen-bond donors (Lipinski definition) is 0. The third kappa shape index (κ3) is 4.22. The van der Waals surface area contributed by atoms with Gasteiger partial charge in [-0.25, -0.2) is 0 Å². The summed E-state index contributed by atoms with van der Waals surface area (Å²) in [6.45, 7) is 7.58. The summed E-state index contributed by atoms with van der Waals surface area (Å²) in [4.78, 5) is 4.87. The van der Waals surface area contributed by atoms with Crippen molar-refractivity contribution < 1.29 is 14.2 Å². The topological polar surface area (TPSA) is 34.2 Å². The minimum absolute atomic E-state index is 0.636. The molecule has 140 valence electrons. The van der Waals surface area contributed by atoms with Crippen LogP contribution in [-0.4, -0.2) is 51.9 Å². The Morgan fingerprint density at radius 3 is 2.27 bits per heavy atom. The van der Waals surface area contributed by atoms with Crippen LogP contribution in [0.2, 0.25) is 0 Å². The molecule has 0 aromatic heterocycles. The van der Waals surface area contributed by atoms with Crippen molar-refractivity contribution in [2.24, 2.45) is 0 Å². The van der Waals surface area contributed by atoms with Crippen LogP contribution in [0.5, 0.6) is 17.2 Å². The van der Waals surface area contributed by atoms with E-state index in [2.05, 4.69) is 34.1 Å². The molecule has 0 atom stereocenters. The standard InChI is InChI=1S/C21H28N2O3/c1-4-26-21-15-17(9-10-20(21)25-3)16-22-11-13-23(14-12-22)18-7-5-6-8-19(18)24-2/h5-10,15H,4,11-14,16H2,1-3H3. The van der Waals surface area contributed by atoms with Crippen molar-refractivity contribution in [1.29, 1.82) is 0 Å². The number of piperazine rings is 1. The maximum Gasteiger partial charge on any atom is 0.161 e. The van der Waals surface area contributed by atoms with Gasteiger partial charge in [0.15, 0.2) is 11.5 Å². The highest BCUT2D eigenvalue weighted by Gasteiger charge is 2.20. The fraction of sp³-hybridized carbons (Fsp3) is 0.429. The maximum absolute atomic E-state index is 5.69. The Hall–Kier alpha value is -2.40. The van der Waals surface area contributed by atoms with E-state index in [1.165, 1.54) is 11.3 Å². The summed E-state index contributed by atoms with van der Waals surface area (Å²) >= 11 is 0. The lowest BCUT2D eigenvalue weighted by atomic mass is 10.1. The van der Waals surface area contributed by atoms with E-state index in [-0.39, 0.29) is 0 Å². The van der Waals surface area contributed by atoms with Crippen LogP contribution < -0.4 is 19.1 Å². The lowest BCUT2D eigenvalue weighted by molar-refractivity contribution is 0.248. The SMILES string of the molecule is CCOc1cc(CN2CCN(c3ccccc3OC)CC2)ccc1OC. The first-order valence-corrected chi connectivity index (χ1v) is 9.15. The van der Waals surface area contributed by atoms with Crippen molar-refractivity contribution in [3.05, 3.63) is 48.0 Å². The molecular formula is C21H28N2O3. The van der Waals surface area contributed by atoms with Gasteiger partial charge in [0.1, 0.15) is 5.75 Å². The Morgan fingerprint density at radius 1 is 0.846 bits per heavy atom. The largest absolute Gasteiger partial charge is 0.495 e. The van der Waals surface area contributed by atoms with Crippen LogP contribution in [0.4, 0.5) is 5.69 Å². The third-order valence-electron chi connectivity index (χ3n) is 4.73. The van der Waals surface area contributed by atoms with Gasteiger partial charge < -0.3 is 19.1 Å². The zero-order chi connectivity index (χ0) is 18.4. The van der Waals surface area contributed by atoms with Crippen molar-refractivity contribution in [3.8, 4) is 17.2 Å². The molecule has 26 heavy (non-hydrogen) atoms. The molecule has 1 aliphatic rings. The van der Waals surface area contributed by atoms with Crippen LogP contribution in [0.1, 0.15) is 12.5 Å². The summed E-state index contributed by atoms with van der Waals surface area (Å²) in [6, 6.07) is 14.4. The number of hydrogen-bond acceptors (Lipinski definition) is 5. The molecule has 1 fully saturated rings. The normalized spacial score (nSPS) is 15.0. The Kier molecular flexibility index (Phi) is 6.23. The van der Waals surface area contributed by atoms with Crippen molar-refractivity contribution in [2.75, 3.05) is 51.9 Å². The summed E-state index contributed by atoms with van der Waals surface area (Å²) in [5, 5.41) is 0. The average Bonchev–Trinajstić information content (AvgIpc) is 2.69. The quantitative estimate of drug-likeness (QED) is 0.759. The first-order chi connectivity index (χ1) is 12.7. The van der Waals surface area contributed by atoms with Crippen LogP contribution in [0.3, 0.4) is 0 Å². The van der Waals surface area contributed by atoms with E-state index in [1.54, 1.807) is 14.2 Å². The molecule has 0 spiro atoms. The van der Waals surface area contributed by atoms with Gasteiger partial charge in [0, 0.05) is 32.7 Å². The van der Waals surface area contributed by atoms with Gasteiger partial charge >= 0.3 is 0 Å². The Bertz CT molecular complexity index is 712. The Labute approximate surface area is 156 Å². The molecule has 0 saturated carbocycles. The molecule has 5 nitrogen and oxygen atoms in total. The van der Waals surface area contributed by atoms with Crippen LogP contribution in [-0.2, 0) is 6.54 Å². The second kappa shape index (κ2) is 8.81. The van der Waals surface area contributed by atoms with Gasteiger partial charge in [0.05, 0.1) is 26.5 Å². The number of methoxy groups -OCH3 is 2. The molecule has 0 amide bonds. The van der Waals surface area contributed by atoms with Gasteiger partial charge in [0.25, 0.3) is 0 Å². The smallest absolute Gasteiger partial charge is 0.161 e. The zero-order valence-electron chi connectivity index (χ0n) is 15.9. The van der Waals surface area contributed by atoms with Gasteiger partial charge in [-0.15, -0.1) is 0 Å². The van der Waals surface area contributed by atoms with E-state index >= 15 is 0 Å². The molecule has 0 unspecified atom stereocenters. The van der Waals surface area contributed by atoms with E-state index in [4.69, 9.17) is 14.2 Å². The van der Waals surface area contributed by atoms with Crippen LogP contribution in [0.25, 0.3) is 0 Å². The van der Waals surface area contributed by atoms with E-state index in [0.717, 1.165) is 50.0 Å². The molecule has 2 aromatic rings.